The molecular formula is C37H47F4N5O8S. The summed E-state index contributed by atoms with van der Waals surface area (Å²) < 4.78 is 94.1. The van der Waals surface area contributed by atoms with Gasteiger partial charge in [-0.25, -0.2) is 22.6 Å². The number of alkyl carbamates (subject to hydrolysis) is 1. The van der Waals surface area contributed by atoms with Gasteiger partial charge in [-0.1, -0.05) is 39.2 Å². The van der Waals surface area contributed by atoms with E-state index < -0.39 is 86.3 Å². The number of nitrogens with zero attached hydrogens (tertiary/aromatic N) is 2. The van der Waals surface area contributed by atoms with Crippen molar-refractivity contribution in [1.82, 2.24) is 25.2 Å². The van der Waals surface area contributed by atoms with E-state index in [4.69, 9.17) is 9.47 Å². The number of amides is 4. The summed E-state index contributed by atoms with van der Waals surface area (Å²) in [5, 5.41) is 5.39. The zero-order valence-electron chi connectivity index (χ0n) is 31.1. The maximum absolute atomic E-state index is 14.6. The van der Waals surface area contributed by atoms with Crippen molar-refractivity contribution in [1.29, 1.82) is 0 Å². The number of rotatable bonds is 7. The molecule has 6 rings (SSSR count). The lowest BCUT2D eigenvalue weighted by atomic mass is 9.87. The van der Waals surface area contributed by atoms with Crippen LogP contribution in [0.4, 0.5) is 22.4 Å². The number of hydrogen-bond donors (Lipinski definition) is 3. The van der Waals surface area contributed by atoms with Gasteiger partial charge in [0.2, 0.25) is 33.3 Å². The van der Waals surface area contributed by atoms with Gasteiger partial charge in [-0.3, -0.25) is 19.1 Å². The first kappa shape index (κ1) is 40.4. The van der Waals surface area contributed by atoms with Crippen molar-refractivity contribution >= 4 is 44.6 Å². The van der Waals surface area contributed by atoms with Gasteiger partial charge in [0.25, 0.3) is 5.91 Å². The van der Waals surface area contributed by atoms with Crippen LogP contribution >= 0.6 is 0 Å². The average molecular weight is 798 g/mol. The molecule has 2 aromatic rings. The second kappa shape index (κ2) is 15.0. The summed E-state index contributed by atoms with van der Waals surface area (Å²) >= 11 is 0. The molecular weight excluding hydrogens is 750 g/mol. The number of nitrogens with one attached hydrogen (secondary N) is 3. The molecule has 18 heteroatoms. The van der Waals surface area contributed by atoms with Crippen molar-refractivity contribution in [3.8, 4) is 5.88 Å². The van der Waals surface area contributed by atoms with Crippen LogP contribution < -0.4 is 20.1 Å². The van der Waals surface area contributed by atoms with Crippen molar-refractivity contribution in [2.45, 2.75) is 126 Å². The van der Waals surface area contributed by atoms with E-state index in [1.165, 1.54) is 24.4 Å². The number of carbonyl (C=O) groups is 4. The van der Waals surface area contributed by atoms with Crippen LogP contribution in [0.5, 0.6) is 5.88 Å². The first-order valence-electron chi connectivity index (χ1n) is 18.7. The van der Waals surface area contributed by atoms with E-state index in [1.807, 2.05) is 6.92 Å². The minimum atomic E-state index is -4.92. The predicted molar refractivity (Wildman–Crippen MR) is 190 cm³/mol. The molecule has 13 nitrogen and oxygen atoms in total. The number of pyridine rings is 1. The summed E-state index contributed by atoms with van der Waals surface area (Å²) in [5.74, 6) is -3.99. The van der Waals surface area contributed by atoms with Gasteiger partial charge in [-0.05, 0) is 87.3 Å². The topological polar surface area (TPSA) is 173 Å². The molecule has 3 N–H and O–H groups in total. The third-order valence-corrected chi connectivity index (χ3v) is 13.1. The molecule has 2 aliphatic heterocycles. The largest absolute Gasteiger partial charge is 0.472 e. The fourth-order valence-corrected chi connectivity index (χ4v) is 9.10. The molecule has 1 aromatic carbocycles. The molecule has 302 valence electrons. The Morgan fingerprint density at radius 3 is 2.44 bits per heavy atom. The van der Waals surface area contributed by atoms with Crippen LogP contribution in [0, 0.1) is 23.6 Å². The minimum Gasteiger partial charge on any atom is -0.472 e. The third-order valence-electron chi connectivity index (χ3n) is 11.3. The van der Waals surface area contributed by atoms with Crippen LogP contribution in [0.2, 0.25) is 0 Å². The number of ether oxygens (including phenoxy) is 2. The molecule has 0 spiro atoms. The highest BCUT2D eigenvalue weighted by Gasteiger charge is 2.62. The van der Waals surface area contributed by atoms with Gasteiger partial charge in [-0.2, -0.15) is 13.2 Å². The summed E-state index contributed by atoms with van der Waals surface area (Å²) in [7, 11) is -3.97. The van der Waals surface area contributed by atoms with Crippen molar-refractivity contribution in [2.24, 2.45) is 17.8 Å². The van der Waals surface area contributed by atoms with Gasteiger partial charge in [0.1, 0.15) is 29.5 Å². The van der Waals surface area contributed by atoms with Crippen LogP contribution in [-0.4, -0.2) is 89.4 Å². The quantitative estimate of drug-likeness (QED) is 0.331. The third kappa shape index (κ3) is 8.78. The second-order valence-electron chi connectivity index (χ2n) is 16.1. The molecule has 4 fully saturated rings. The Labute approximate surface area is 316 Å². The minimum absolute atomic E-state index is 0.00106. The number of benzene rings is 1. The molecule has 2 saturated carbocycles. The molecule has 2 aliphatic carbocycles. The maximum Gasteiger partial charge on any atom is 0.427 e. The van der Waals surface area contributed by atoms with E-state index in [2.05, 4.69) is 20.3 Å². The smallest absolute Gasteiger partial charge is 0.427 e. The summed E-state index contributed by atoms with van der Waals surface area (Å²) in [6, 6.07) is 2.90. The number of sulfonamides is 1. The van der Waals surface area contributed by atoms with Crippen LogP contribution in [0.25, 0.3) is 10.8 Å². The van der Waals surface area contributed by atoms with E-state index in [1.54, 1.807) is 13.0 Å². The number of aromatic nitrogens is 1. The van der Waals surface area contributed by atoms with Gasteiger partial charge >= 0.3 is 12.3 Å². The number of halogens is 4. The Morgan fingerprint density at radius 2 is 1.75 bits per heavy atom. The number of fused-ring (bicyclic) bond motifs is 3. The summed E-state index contributed by atoms with van der Waals surface area (Å²) in [6.07, 6.45) is -2.08. The van der Waals surface area contributed by atoms with Crippen LogP contribution in [-0.2, 0) is 29.1 Å². The molecule has 7 atom stereocenters. The van der Waals surface area contributed by atoms with Crippen LogP contribution in [0.15, 0.2) is 30.5 Å². The van der Waals surface area contributed by atoms with Gasteiger partial charge in [-0.15, -0.1) is 0 Å². The van der Waals surface area contributed by atoms with Crippen LogP contribution in [0.1, 0.15) is 85.5 Å². The first-order chi connectivity index (χ1) is 25.7. The maximum atomic E-state index is 14.6. The van der Waals surface area contributed by atoms with Crippen molar-refractivity contribution in [3.05, 3.63) is 36.3 Å². The summed E-state index contributed by atoms with van der Waals surface area (Å²) in [6.45, 7) is 4.73. The zero-order chi connectivity index (χ0) is 40.1. The number of hydrogen-bond acceptors (Lipinski definition) is 9. The number of alkyl halides is 3. The van der Waals surface area contributed by atoms with Crippen molar-refractivity contribution in [2.75, 3.05) is 6.54 Å². The van der Waals surface area contributed by atoms with Gasteiger partial charge in [0.05, 0.1) is 11.8 Å². The van der Waals surface area contributed by atoms with Crippen LogP contribution in [0.3, 0.4) is 0 Å². The normalized spacial score (nSPS) is 29.6. The van der Waals surface area contributed by atoms with E-state index in [0.29, 0.717) is 69.6 Å². The van der Waals surface area contributed by atoms with Gasteiger partial charge < -0.3 is 25.0 Å². The second-order valence-corrected chi connectivity index (χ2v) is 18.1. The lowest BCUT2D eigenvalue weighted by Crippen LogP contribution is -2.59. The standard InChI is InChI=1S/C37H47F4N5O8S/c1-20-7-5-6-8-23-18-36(23,33(49)45-55(51,52)26-11-12-26)44-30(47)28-17-25(53-31-27-16-24(38)10-9-22(27)13-14-42-31)19-46(28)32(48)29(21(2)15-20)43-34(50)54-35(3,4)37(39,40)41/h9-10,13-14,16,20-21,23,25-26,28-29H,5-8,11-12,15,17-19H2,1-4H3,(H,43,50)(H,44,47)(H,45,49)/t20-,21-,23-,25-,28+,29+,36-/m1/s1. The fraction of sp³-hybridized carbons (Fsp3) is 0.649. The Hall–Kier alpha value is -4.22. The van der Waals surface area contributed by atoms with E-state index in [9.17, 15) is 45.2 Å². The fourth-order valence-electron chi connectivity index (χ4n) is 7.74. The lowest BCUT2D eigenvalue weighted by molar-refractivity contribution is -0.244. The van der Waals surface area contributed by atoms with Crippen molar-refractivity contribution in [3.63, 3.8) is 0 Å². The molecule has 4 amide bonds. The highest BCUT2D eigenvalue weighted by Crippen LogP contribution is 2.48. The van der Waals surface area contributed by atoms with E-state index in [0.717, 1.165) is 4.90 Å². The highest BCUT2D eigenvalue weighted by atomic mass is 32.2. The number of carbonyl (C=O) groups excluding carboxylic acids is 4. The molecule has 3 heterocycles. The summed E-state index contributed by atoms with van der Waals surface area (Å²) in [5.41, 5.74) is -4.45. The Kier molecular flexibility index (Phi) is 11.1. The molecule has 2 saturated heterocycles. The molecule has 0 bridgehead atoms. The monoisotopic (exact) mass is 797 g/mol. The Balaban J connectivity index is 1.34. The Bertz CT molecular complexity index is 1940. The van der Waals surface area contributed by atoms with Gasteiger partial charge in [0, 0.05) is 18.0 Å². The predicted octanol–water partition coefficient (Wildman–Crippen LogP) is 4.88. The molecule has 55 heavy (non-hydrogen) atoms. The highest BCUT2D eigenvalue weighted by molar-refractivity contribution is 7.91. The lowest BCUT2D eigenvalue weighted by Gasteiger charge is -2.34. The average Bonchev–Trinajstić information content (AvgIpc) is 4.01. The molecule has 1 aromatic heterocycles. The Morgan fingerprint density at radius 1 is 1.04 bits per heavy atom. The summed E-state index contributed by atoms with van der Waals surface area (Å²) in [4.78, 5) is 61.2. The van der Waals surface area contributed by atoms with E-state index in [-0.39, 0.29) is 37.1 Å². The molecule has 4 aliphatic rings. The first-order valence-corrected chi connectivity index (χ1v) is 20.2. The zero-order valence-corrected chi connectivity index (χ0v) is 31.9. The SMILES string of the molecule is C[C@@H]1CCCC[C@@H]2C[C@@]2(C(=O)NS(=O)(=O)C2CC2)NC(=O)[C@@H]2C[C@@H](Oc3nccc4ccc(F)cc34)CN2C(=O)[C@@H](NC(=O)OC(C)(C)C(F)(F)F)[C@H](C)C1. The van der Waals surface area contributed by atoms with Crippen molar-refractivity contribution < 1.29 is 54.6 Å². The van der Waals surface area contributed by atoms with Gasteiger partial charge in [0.15, 0.2) is 0 Å². The molecule has 0 radical (unpaired) electrons. The molecule has 0 unspecified atom stereocenters. The van der Waals surface area contributed by atoms with E-state index >= 15 is 0 Å².